The molecular formula is C19H19NO4. The molecule has 0 spiro atoms. The van der Waals surface area contributed by atoms with Gasteiger partial charge in [0.2, 0.25) is 0 Å². The van der Waals surface area contributed by atoms with Gasteiger partial charge in [-0.3, -0.25) is 9.59 Å². The van der Waals surface area contributed by atoms with E-state index in [-0.39, 0.29) is 19.1 Å². The van der Waals surface area contributed by atoms with Gasteiger partial charge in [0.1, 0.15) is 25.5 Å². The van der Waals surface area contributed by atoms with Crippen LogP contribution in [0.25, 0.3) is 0 Å². The predicted octanol–water partition coefficient (Wildman–Crippen LogP) is 2.72. The molecule has 5 nitrogen and oxygen atoms in total. The van der Waals surface area contributed by atoms with Gasteiger partial charge in [-0.25, -0.2) is 0 Å². The largest absolute Gasteiger partial charge is 0.490 e. The minimum absolute atomic E-state index is 0.180. The topological polar surface area (TPSA) is 64.6 Å². The Labute approximate surface area is 140 Å². The molecule has 0 aromatic heterocycles. The summed E-state index contributed by atoms with van der Waals surface area (Å²) in [6.45, 7) is 3.97. The number of amides is 1. The molecule has 5 heteroatoms. The van der Waals surface area contributed by atoms with Crippen LogP contribution in [0.2, 0.25) is 0 Å². The fraction of sp³-hybridized carbons (Fsp3) is 0.158. The SMILES string of the molecule is C=CCOc1ccc(C(=O)NCC(=O)OCc2ccccc2)cc1. The van der Waals surface area contributed by atoms with Crippen molar-refractivity contribution in [3.63, 3.8) is 0 Å². The fourth-order valence-electron chi connectivity index (χ4n) is 1.90. The third kappa shape index (κ3) is 5.61. The Morgan fingerprint density at radius 2 is 1.75 bits per heavy atom. The number of ether oxygens (including phenoxy) is 2. The normalized spacial score (nSPS) is 9.83. The van der Waals surface area contributed by atoms with E-state index >= 15 is 0 Å². The highest BCUT2D eigenvalue weighted by molar-refractivity contribution is 5.96. The van der Waals surface area contributed by atoms with Crippen LogP contribution in [0.15, 0.2) is 67.3 Å². The summed E-state index contributed by atoms with van der Waals surface area (Å²) in [5.41, 5.74) is 1.34. The number of benzene rings is 2. The highest BCUT2D eigenvalue weighted by atomic mass is 16.5. The molecule has 0 saturated heterocycles. The van der Waals surface area contributed by atoms with E-state index in [0.29, 0.717) is 17.9 Å². The van der Waals surface area contributed by atoms with Gasteiger partial charge < -0.3 is 14.8 Å². The van der Waals surface area contributed by atoms with Crippen LogP contribution in [0, 0.1) is 0 Å². The first-order chi connectivity index (χ1) is 11.7. The zero-order valence-electron chi connectivity index (χ0n) is 13.2. The molecule has 0 fully saturated rings. The second-order valence-corrected chi connectivity index (χ2v) is 4.95. The zero-order valence-corrected chi connectivity index (χ0v) is 13.2. The van der Waals surface area contributed by atoms with Crippen molar-refractivity contribution in [2.75, 3.05) is 13.2 Å². The smallest absolute Gasteiger partial charge is 0.325 e. The van der Waals surface area contributed by atoms with Crippen molar-refractivity contribution in [3.05, 3.63) is 78.4 Å². The van der Waals surface area contributed by atoms with Gasteiger partial charge in [0, 0.05) is 5.56 Å². The minimum atomic E-state index is -0.488. The van der Waals surface area contributed by atoms with E-state index in [4.69, 9.17) is 9.47 Å². The molecule has 124 valence electrons. The molecular weight excluding hydrogens is 306 g/mol. The first kappa shape index (κ1) is 17.3. The summed E-state index contributed by atoms with van der Waals surface area (Å²) in [6, 6.07) is 16.0. The predicted molar refractivity (Wildman–Crippen MR) is 90.7 cm³/mol. The van der Waals surface area contributed by atoms with Crippen molar-refractivity contribution in [2.24, 2.45) is 0 Å². The molecule has 0 aliphatic rings. The average molecular weight is 325 g/mol. The number of carbonyl (C=O) groups is 2. The molecule has 0 unspecified atom stereocenters. The van der Waals surface area contributed by atoms with Gasteiger partial charge in [-0.1, -0.05) is 43.0 Å². The molecule has 0 heterocycles. The molecule has 0 aliphatic carbocycles. The van der Waals surface area contributed by atoms with E-state index in [9.17, 15) is 9.59 Å². The van der Waals surface area contributed by atoms with Gasteiger partial charge >= 0.3 is 5.97 Å². The Hall–Kier alpha value is -3.08. The van der Waals surface area contributed by atoms with E-state index in [1.165, 1.54) is 0 Å². The van der Waals surface area contributed by atoms with Gasteiger partial charge in [-0.15, -0.1) is 0 Å². The minimum Gasteiger partial charge on any atom is -0.490 e. The van der Waals surface area contributed by atoms with Crippen LogP contribution in [-0.2, 0) is 16.1 Å². The van der Waals surface area contributed by atoms with Gasteiger partial charge in [0.15, 0.2) is 0 Å². The monoisotopic (exact) mass is 325 g/mol. The molecule has 2 aromatic carbocycles. The Bertz CT molecular complexity index is 680. The van der Waals surface area contributed by atoms with E-state index < -0.39 is 5.97 Å². The van der Waals surface area contributed by atoms with Crippen molar-refractivity contribution in [3.8, 4) is 5.75 Å². The molecule has 2 rings (SSSR count). The summed E-state index contributed by atoms with van der Waals surface area (Å²) < 4.78 is 10.4. The van der Waals surface area contributed by atoms with E-state index in [1.54, 1.807) is 30.3 Å². The van der Waals surface area contributed by atoms with Crippen LogP contribution >= 0.6 is 0 Å². The molecule has 24 heavy (non-hydrogen) atoms. The maximum atomic E-state index is 12.0. The lowest BCUT2D eigenvalue weighted by Gasteiger charge is -2.07. The van der Waals surface area contributed by atoms with Crippen molar-refractivity contribution in [1.29, 1.82) is 0 Å². The second-order valence-electron chi connectivity index (χ2n) is 4.95. The maximum Gasteiger partial charge on any atom is 0.325 e. The van der Waals surface area contributed by atoms with Crippen LogP contribution < -0.4 is 10.1 Å². The van der Waals surface area contributed by atoms with Crippen LogP contribution in [0.1, 0.15) is 15.9 Å². The quantitative estimate of drug-likeness (QED) is 0.599. The Balaban J connectivity index is 1.75. The Morgan fingerprint density at radius 3 is 2.42 bits per heavy atom. The fourth-order valence-corrected chi connectivity index (χ4v) is 1.90. The van der Waals surface area contributed by atoms with Crippen molar-refractivity contribution < 1.29 is 19.1 Å². The van der Waals surface area contributed by atoms with E-state index in [2.05, 4.69) is 11.9 Å². The third-order valence-electron chi connectivity index (χ3n) is 3.12. The highest BCUT2D eigenvalue weighted by Crippen LogP contribution is 2.12. The number of rotatable bonds is 8. The highest BCUT2D eigenvalue weighted by Gasteiger charge is 2.09. The average Bonchev–Trinajstić information content (AvgIpc) is 2.64. The lowest BCUT2D eigenvalue weighted by atomic mass is 10.2. The molecule has 1 amide bonds. The zero-order chi connectivity index (χ0) is 17.2. The number of nitrogens with one attached hydrogen (secondary N) is 1. The van der Waals surface area contributed by atoms with Crippen molar-refractivity contribution >= 4 is 11.9 Å². The molecule has 2 aromatic rings. The van der Waals surface area contributed by atoms with Gasteiger partial charge in [-0.2, -0.15) is 0 Å². The van der Waals surface area contributed by atoms with Crippen LogP contribution in [0.5, 0.6) is 5.75 Å². The molecule has 0 bridgehead atoms. The van der Waals surface area contributed by atoms with Gasteiger partial charge in [-0.05, 0) is 29.8 Å². The summed E-state index contributed by atoms with van der Waals surface area (Å²) in [6.07, 6.45) is 1.64. The summed E-state index contributed by atoms with van der Waals surface area (Å²) in [5, 5.41) is 2.53. The van der Waals surface area contributed by atoms with Crippen LogP contribution in [0.4, 0.5) is 0 Å². The van der Waals surface area contributed by atoms with Gasteiger partial charge in [0.25, 0.3) is 5.91 Å². The van der Waals surface area contributed by atoms with Crippen molar-refractivity contribution in [1.82, 2.24) is 5.32 Å². The number of hydrogen-bond acceptors (Lipinski definition) is 4. The first-order valence-corrected chi connectivity index (χ1v) is 7.50. The first-order valence-electron chi connectivity index (χ1n) is 7.50. The third-order valence-corrected chi connectivity index (χ3v) is 3.12. The van der Waals surface area contributed by atoms with E-state index in [1.807, 2.05) is 30.3 Å². The number of carbonyl (C=O) groups excluding carboxylic acids is 2. The maximum absolute atomic E-state index is 12.0. The van der Waals surface area contributed by atoms with Crippen LogP contribution in [0.3, 0.4) is 0 Å². The van der Waals surface area contributed by atoms with Crippen LogP contribution in [-0.4, -0.2) is 25.0 Å². The lowest BCUT2D eigenvalue weighted by molar-refractivity contribution is -0.143. The standard InChI is InChI=1S/C19H19NO4/c1-2-12-23-17-10-8-16(9-11-17)19(22)20-13-18(21)24-14-15-6-4-3-5-7-15/h2-11H,1,12-14H2,(H,20,22). The summed E-state index contributed by atoms with van der Waals surface area (Å²) in [4.78, 5) is 23.6. The lowest BCUT2D eigenvalue weighted by Crippen LogP contribution is -2.30. The number of esters is 1. The molecule has 1 N–H and O–H groups in total. The number of hydrogen-bond donors (Lipinski definition) is 1. The van der Waals surface area contributed by atoms with Gasteiger partial charge in [0.05, 0.1) is 0 Å². The van der Waals surface area contributed by atoms with E-state index in [0.717, 1.165) is 5.56 Å². The molecule has 0 radical (unpaired) electrons. The molecule has 0 aliphatic heterocycles. The molecule has 0 atom stereocenters. The van der Waals surface area contributed by atoms with Crippen molar-refractivity contribution in [2.45, 2.75) is 6.61 Å². The Morgan fingerprint density at radius 1 is 1.04 bits per heavy atom. The summed E-state index contributed by atoms with van der Waals surface area (Å²) in [5.74, 6) is -0.186. The molecule has 0 saturated carbocycles. The Kier molecular flexibility index (Phi) is 6.58. The second kappa shape index (κ2) is 9.15. The summed E-state index contributed by atoms with van der Waals surface area (Å²) in [7, 11) is 0. The summed E-state index contributed by atoms with van der Waals surface area (Å²) >= 11 is 0.